The van der Waals surface area contributed by atoms with Gasteiger partial charge >= 0.3 is 5.69 Å². The molecule has 2 rings (SSSR count). The monoisotopic (exact) mass is 348 g/mol. The number of allylic oxidation sites excluding steroid dienone is 2. The molecule has 0 saturated heterocycles. The van der Waals surface area contributed by atoms with Crippen LogP contribution in [0.4, 0.5) is 5.69 Å². The Kier molecular flexibility index (Phi) is 4.77. The van der Waals surface area contributed by atoms with Crippen molar-refractivity contribution in [3.63, 3.8) is 0 Å². The third-order valence-electron chi connectivity index (χ3n) is 3.70. The highest BCUT2D eigenvalue weighted by Gasteiger charge is 2.38. The predicted octanol–water partition coefficient (Wildman–Crippen LogP) is 3.24. The zero-order chi connectivity index (χ0) is 19.5. The molecule has 0 bridgehead atoms. The molecule has 1 aromatic rings. The van der Waals surface area contributed by atoms with E-state index >= 15 is 0 Å². The van der Waals surface area contributed by atoms with Crippen LogP contribution >= 0.6 is 0 Å². The molecule has 0 fully saturated rings. The van der Waals surface area contributed by atoms with Gasteiger partial charge in [0.05, 0.1) is 4.92 Å². The van der Waals surface area contributed by atoms with Crippen molar-refractivity contribution in [1.29, 1.82) is 15.8 Å². The van der Waals surface area contributed by atoms with Gasteiger partial charge < -0.3 is 9.84 Å². The summed E-state index contributed by atoms with van der Waals surface area (Å²) in [6.07, 6.45) is 3.06. The Morgan fingerprint density at radius 1 is 1.27 bits per heavy atom. The third-order valence-corrected chi connectivity index (χ3v) is 3.70. The zero-order valence-electron chi connectivity index (χ0n) is 13.8. The summed E-state index contributed by atoms with van der Waals surface area (Å²) >= 11 is 0. The lowest BCUT2D eigenvalue weighted by Crippen LogP contribution is -2.20. The number of nitro groups is 1. The van der Waals surface area contributed by atoms with Crippen LogP contribution in [-0.2, 0) is 4.74 Å². The summed E-state index contributed by atoms with van der Waals surface area (Å²) < 4.78 is 5.62. The molecule has 1 heterocycles. The van der Waals surface area contributed by atoms with E-state index in [-0.39, 0.29) is 16.9 Å². The van der Waals surface area contributed by atoms with Crippen molar-refractivity contribution in [1.82, 2.24) is 0 Å². The average molecular weight is 348 g/mol. The number of nitrogens with zero attached hydrogens (tertiary/aromatic N) is 4. The highest BCUT2D eigenvalue weighted by atomic mass is 16.6. The quantitative estimate of drug-likeness (QED) is 0.501. The molecule has 0 atom stereocenters. The lowest BCUT2D eigenvalue weighted by atomic mass is 9.94. The number of aromatic hydroxyl groups is 1. The van der Waals surface area contributed by atoms with E-state index in [2.05, 4.69) is 0 Å². The number of hydrogen-bond donors (Lipinski definition) is 1. The summed E-state index contributed by atoms with van der Waals surface area (Å²) in [5.74, 6) is -0.537. The first-order chi connectivity index (χ1) is 12.2. The van der Waals surface area contributed by atoms with Gasteiger partial charge in [0.15, 0.2) is 17.1 Å². The fraction of sp³-hybridized carbons (Fsp3) is 0.167. The van der Waals surface area contributed by atoms with E-state index in [4.69, 9.17) is 15.3 Å². The van der Waals surface area contributed by atoms with E-state index in [1.54, 1.807) is 26.0 Å². The molecule has 26 heavy (non-hydrogen) atoms. The number of nitro benzene ring substituents is 1. The Balaban J connectivity index is 2.57. The average Bonchev–Trinajstić information content (AvgIpc) is 2.85. The Bertz CT molecular complexity index is 995. The molecule has 0 aliphatic carbocycles. The van der Waals surface area contributed by atoms with Crippen molar-refractivity contribution < 1.29 is 14.8 Å². The molecule has 0 unspecified atom stereocenters. The van der Waals surface area contributed by atoms with Gasteiger partial charge in [0.2, 0.25) is 0 Å². The predicted molar refractivity (Wildman–Crippen MR) is 89.9 cm³/mol. The van der Waals surface area contributed by atoms with E-state index in [0.29, 0.717) is 11.1 Å². The Morgan fingerprint density at radius 2 is 1.92 bits per heavy atom. The number of ether oxygens (including phenoxy) is 1. The van der Waals surface area contributed by atoms with Crippen molar-refractivity contribution in [2.75, 3.05) is 0 Å². The summed E-state index contributed by atoms with van der Waals surface area (Å²) in [6.45, 7) is 3.34. The molecule has 128 valence electrons. The van der Waals surface area contributed by atoms with Crippen molar-refractivity contribution in [2.24, 2.45) is 0 Å². The normalized spacial score (nSPS) is 15.1. The van der Waals surface area contributed by atoms with Gasteiger partial charge in [-0.2, -0.15) is 15.8 Å². The van der Waals surface area contributed by atoms with Gasteiger partial charge in [0, 0.05) is 11.6 Å². The van der Waals surface area contributed by atoms with Crippen molar-refractivity contribution in [2.45, 2.75) is 19.4 Å². The SMILES string of the molecule is CC1(C)OC(=C(C#N)C#N)C(C#N)=C1/C=C/c1ccc(O)c([N+](=O)[O-])c1. The number of phenols is 1. The van der Waals surface area contributed by atoms with Gasteiger partial charge in [0.1, 0.15) is 29.4 Å². The first-order valence-electron chi connectivity index (χ1n) is 7.29. The third kappa shape index (κ3) is 3.24. The van der Waals surface area contributed by atoms with E-state index in [0.717, 1.165) is 0 Å². The summed E-state index contributed by atoms with van der Waals surface area (Å²) in [5.41, 5.74) is -0.822. The molecule has 0 aromatic heterocycles. The first-order valence-corrected chi connectivity index (χ1v) is 7.29. The molecule has 1 N–H and O–H groups in total. The van der Waals surface area contributed by atoms with Crippen LogP contribution in [0.15, 0.2) is 46.8 Å². The maximum absolute atomic E-state index is 10.9. The fourth-order valence-corrected chi connectivity index (χ4v) is 2.45. The summed E-state index contributed by atoms with van der Waals surface area (Å²) in [4.78, 5) is 10.2. The van der Waals surface area contributed by atoms with Crippen LogP contribution in [0.5, 0.6) is 5.75 Å². The van der Waals surface area contributed by atoms with Crippen LogP contribution in [0.2, 0.25) is 0 Å². The summed E-state index contributed by atoms with van der Waals surface area (Å²) in [7, 11) is 0. The molecule has 0 radical (unpaired) electrons. The second-order valence-electron chi connectivity index (χ2n) is 5.78. The van der Waals surface area contributed by atoms with E-state index in [1.165, 1.54) is 30.4 Å². The largest absolute Gasteiger partial charge is 0.502 e. The van der Waals surface area contributed by atoms with Crippen LogP contribution in [0.25, 0.3) is 6.08 Å². The van der Waals surface area contributed by atoms with Gasteiger partial charge in [-0.3, -0.25) is 10.1 Å². The van der Waals surface area contributed by atoms with E-state index in [9.17, 15) is 20.5 Å². The molecule has 1 aliphatic heterocycles. The van der Waals surface area contributed by atoms with Crippen molar-refractivity contribution >= 4 is 11.8 Å². The maximum Gasteiger partial charge on any atom is 0.311 e. The summed E-state index contributed by atoms with van der Waals surface area (Å²) in [5, 5.41) is 47.9. The van der Waals surface area contributed by atoms with Gasteiger partial charge in [-0.15, -0.1) is 0 Å². The standard InChI is InChI=1S/C18H12N4O4/c1-18(2)14(13(10-21)17(26-18)12(8-19)9-20)5-3-11-4-6-16(23)15(7-11)22(24)25/h3-7,23H,1-2H3/b5-3+. The molecule has 0 amide bonds. The van der Waals surface area contributed by atoms with Crippen molar-refractivity contribution in [3.05, 3.63) is 62.4 Å². The second kappa shape index (κ2) is 6.80. The molecule has 1 aliphatic rings. The number of rotatable bonds is 3. The fourth-order valence-electron chi connectivity index (χ4n) is 2.45. The Morgan fingerprint density at radius 3 is 2.46 bits per heavy atom. The minimum Gasteiger partial charge on any atom is -0.502 e. The van der Waals surface area contributed by atoms with Crippen LogP contribution in [-0.4, -0.2) is 15.6 Å². The number of phenolic OH excluding ortho intramolecular Hbond substituents is 1. The molecular formula is C18H12N4O4. The zero-order valence-corrected chi connectivity index (χ0v) is 13.8. The van der Waals surface area contributed by atoms with Crippen LogP contribution in [0.3, 0.4) is 0 Å². The lowest BCUT2D eigenvalue weighted by Gasteiger charge is -2.20. The molecule has 1 aromatic carbocycles. The van der Waals surface area contributed by atoms with Gasteiger partial charge in [-0.05, 0) is 25.5 Å². The molecule has 0 spiro atoms. The minimum atomic E-state index is -0.974. The van der Waals surface area contributed by atoms with Gasteiger partial charge in [-0.25, -0.2) is 0 Å². The first kappa shape index (κ1) is 18.3. The van der Waals surface area contributed by atoms with Gasteiger partial charge in [-0.1, -0.05) is 18.2 Å². The maximum atomic E-state index is 10.9. The van der Waals surface area contributed by atoms with E-state index in [1.807, 2.05) is 6.07 Å². The topological polar surface area (TPSA) is 144 Å². The Labute approximate surface area is 148 Å². The van der Waals surface area contributed by atoms with Gasteiger partial charge in [0.25, 0.3) is 0 Å². The summed E-state index contributed by atoms with van der Waals surface area (Å²) in [6, 6.07) is 9.19. The molecule has 8 heteroatoms. The Hall–Kier alpha value is -4.09. The molecule has 0 saturated carbocycles. The smallest absolute Gasteiger partial charge is 0.311 e. The molecule has 8 nitrogen and oxygen atoms in total. The van der Waals surface area contributed by atoms with E-state index < -0.39 is 22.0 Å². The lowest BCUT2D eigenvalue weighted by molar-refractivity contribution is -0.385. The highest BCUT2D eigenvalue weighted by Crippen LogP contribution is 2.40. The van der Waals surface area contributed by atoms with Crippen molar-refractivity contribution in [3.8, 4) is 24.0 Å². The number of hydrogen-bond acceptors (Lipinski definition) is 7. The number of nitriles is 3. The minimum absolute atomic E-state index is 0.0534. The second-order valence-corrected chi connectivity index (χ2v) is 5.78. The number of benzene rings is 1. The van der Waals surface area contributed by atoms with Crippen LogP contribution in [0.1, 0.15) is 19.4 Å². The highest BCUT2D eigenvalue weighted by molar-refractivity contribution is 5.65. The van der Waals surface area contributed by atoms with Crippen LogP contribution < -0.4 is 0 Å². The van der Waals surface area contributed by atoms with Crippen LogP contribution in [0, 0.1) is 44.1 Å². The molecular weight excluding hydrogens is 336 g/mol.